The van der Waals surface area contributed by atoms with Gasteiger partial charge in [-0.2, -0.15) is 0 Å². The summed E-state index contributed by atoms with van der Waals surface area (Å²) < 4.78 is 0.906. The molecule has 0 spiro atoms. The van der Waals surface area contributed by atoms with Crippen LogP contribution in [0.25, 0.3) is 0 Å². The van der Waals surface area contributed by atoms with Gasteiger partial charge in [0.15, 0.2) is 0 Å². The molecule has 0 aromatic rings. The molecule has 0 bridgehead atoms. The van der Waals surface area contributed by atoms with Crippen molar-refractivity contribution in [3.8, 4) is 0 Å². The van der Waals surface area contributed by atoms with Crippen molar-refractivity contribution in [2.24, 2.45) is 0 Å². The van der Waals surface area contributed by atoms with Crippen LogP contribution < -0.4 is 0 Å². The van der Waals surface area contributed by atoms with Crippen LogP contribution in [0.4, 0.5) is 0 Å². The van der Waals surface area contributed by atoms with Crippen LogP contribution in [-0.2, 0) is 0 Å². The number of hydrogen-bond donors (Lipinski definition) is 0. The van der Waals surface area contributed by atoms with E-state index in [1.807, 2.05) is 0 Å². The van der Waals surface area contributed by atoms with E-state index in [1.165, 1.54) is 35.2 Å². The van der Waals surface area contributed by atoms with Crippen LogP contribution in [0.1, 0.15) is 34.1 Å². The molecule has 0 radical (unpaired) electrons. The SMILES string of the molecule is CC[S][Sb]([S]CC)([S]CC)([S]CC)[S]C1CCS1. The molecule has 1 saturated heterocycles. The van der Waals surface area contributed by atoms with E-state index in [0.717, 1.165) is 4.58 Å². The quantitative estimate of drug-likeness (QED) is 0.352. The molecule has 1 aliphatic rings. The molecular weight excluding hydrogens is 446 g/mol. The average Bonchev–Trinajstić information content (AvgIpc) is 2.26. The Kier molecular flexibility index (Phi) is 9.64. The summed E-state index contributed by atoms with van der Waals surface area (Å²) in [6.45, 7) is 9.42. The van der Waals surface area contributed by atoms with E-state index in [4.69, 9.17) is 0 Å². The monoisotopic (exact) mass is 470 g/mol. The Labute approximate surface area is 132 Å². The van der Waals surface area contributed by atoms with Gasteiger partial charge in [-0.3, -0.25) is 0 Å². The van der Waals surface area contributed by atoms with Crippen LogP contribution in [0, 0.1) is 0 Å². The van der Waals surface area contributed by atoms with E-state index in [-0.39, 0.29) is 0 Å². The predicted molar refractivity (Wildman–Crippen MR) is 107 cm³/mol. The van der Waals surface area contributed by atoms with E-state index < -0.39 is 10.4 Å². The Hall–Kier alpha value is 2.92. The van der Waals surface area contributed by atoms with E-state index >= 15 is 0 Å². The van der Waals surface area contributed by atoms with E-state index in [2.05, 4.69) is 83.7 Å². The van der Waals surface area contributed by atoms with Gasteiger partial charge in [0.25, 0.3) is 0 Å². The van der Waals surface area contributed by atoms with Crippen molar-refractivity contribution in [2.45, 2.75) is 38.7 Å². The van der Waals surface area contributed by atoms with Crippen LogP contribution in [0.2, 0.25) is 0 Å². The summed E-state index contributed by atoms with van der Waals surface area (Å²) in [7, 11) is 9.18. The molecule has 0 N–H and O–H groups in total. The van der Waals surface area contributed by atoms with E-state index in [0.29, 0.717) is 0 Å². The molecule has 0 aliphatic carbocycles. The van der Waals surface area contributed by atoms with E-state index in [9.17, 15) is 0 Å². The molecule has 1 unspecified atom stereocenters. The molecule has 1 rings (SSSR count). The topological polar surface area (TPSA) is 0 Å². The second kappa shape index (κ2) is 9.15. The third-order valence-corrected chi connectivity index (χ3v) is 78.2. The average molecular weight is 471 g/mol. The Bertz CT molecular complexity index is 210. The van der Waals surface area contributed by atoms with Gasteiger partial charge in [0.05, 0.1) is 0 Å². The zero-order valence-electron chi connectivity index (χ0n) is 11.7. The standard InChI is InChI=1S/C3H6S2.4C2H6S.Sb/c4-3-1-2-5-3;4*1-2-3;/h3-4H,1-2H2;4*3H,2H2,1H3;/q;;;;;+5/p-5. The van der Waals surface area contributed by atoms with Gasteiger partial charge in [-0.25, -0.2) is 0 Å². The number of hydrogen-bond acceptors (Lipinski definition) is 6. The maximum atomic E-state index is 2.44. The van der Waals surface area contributed by atoms with Crippen molar-refractivity contribution < 1.29 is 0 Å². The first-order valence-corrected chi connectivity index (χ1v) is 27.9. The predicted octanol–water partition coefficient (Wildman–Crippen LogP) is 6.08. The number of thioether (sulfide) groups is 1. The van der Waals surface area contributed by atoms with Gasteiger partial charge in [-0.15, -0.1) is 0 Å². The van der Waals surface area contributed by atoms with Crippen molar-refractivity contribution in [1.29, 1.82) is 0 Å². The van der Waals surface area contributed by atoms with E-state index in [1.54, 1.807) is 0 Å². The van der Waals surface area contributed by atoms with Crippen molar-refractivity contribution in [2.75, 3.05) is 28.8 Å². The van der Waals surface area contributed by atoms with Crippen molar-refractivity contribution in [3.05, 3.63) is 0 Å². The Morgan fingerprint density at radius 3 is 1.50 bits per heavy atom. The van der Waals surface area contributed by atoms with Crippen molar-refractivity contribution in [3.63, 3.8) is 0 Å². The van der Waals surface area contributed by atoms with Gasteiger partial charge in [0.1, 0.15) is 0 Å². The molecule has 18 heavy (non-hydrogen) atoms. The molecule has 110 valence electrons. The summed E-state index contributed by atoms with van der Waals surface area (Å²) in [5.41, 5.74) is 0. The second-order valence-electron chi connectivity index (χ2n) is 3.61. The molecular formula is C11H25S6Sb. The minimum atomic E-state index is -2.72. The molecule has 0 nitrogen and oxygen atoms in total. The molecule has 0 aromatic carbocycles. The van der Waals surface area contributed by atoms with Gasteiger partial charge < -0.3 is 0 Å². The van der Waals surface area contributed by atoms with Gasteiger partial charge in [0, 0.05) is 0 Å². The van der Waals surface area contributed by atoms with Gasteiger partial charge in [-0.05, 0) is 0 Å². The van der Waals surface area contributed by atoms with Crippen LogP contribution in [0.15, 0.2) is 0 Å². The van der Waals surface area contributed by atoms with Crippen LogP contribution in [0.3, 0.4) is 0 Å². The first kappa shape index (κ1) is 19.0. The normalized spacial score (nSPS) is 22.2. The third kappa shape index (κ3) is 4.98. The first-order valence-electron chi connectivity index (χ1n) is 6.56. The molecule has 1 aliphatic heterocycles. The summed E-state index contributed by atoms with van der Waals surface area (Å²) >= 11 is 2.19. The fourth-order valence-electron chi connectivity index (χ4n) is 1.68. The zero-order valence-corrected chi connectivity index (χ0v) is 19.2. The Morgan fingerprint density at radius 1 is 0.889 bits per heavy atom. The first-order chi connectivity index (χ1) is 8.63. The summed E-state index contributed by atoms with van der Waals surface area (Å²) in [5, 5.41) is 0. The van der Waals surface area contributed by atoms with Crippen molar-refractivity contribution in [1.82, 2.24) is 0 Å². The molecule has 1 atom stereocenters. The summed E-state index contributed by atoms with van der Waals surface area (Å²) in [6, 6.07) is 0. The number of rotatable bonds is 10. The van der Waals surface area contributed by atoms with Gasteiger partial charge in [-0.1, -0.05) is 0 Å². The molecule has 1 heterocycles. The van der Waals surface area contributed by atoms with Gasteiger partial charge in [0.2, 0.25) is 0 Å². The molecule has 1 fully saturated rings. The summed E-state index contributed by atoms with van der Waals surface area (Å²) in [5.74, 6) is 6.55. The van der Waals surface area contributed by atoms with Crippen LogP contribution in [0.5, 0.6) is 0 Å². The minimum absolute atomic E-state index is 0.906. The second-order valence-corrected chi connectivity index (χ2v) is 64.2. The van der Waals surface area contributed by atoms with Crippen LogP contribution in [-0.4, -0.2) is 43.7 Å². The Balaban J connectivity index is 2.94. The maximum absolute atomic E-state index is 2.72. The Morgan fingerprint density at radius 2 is 1.28 bits per heavy atom. The fourth-order valence-corrected chi connectivity index (χ4v) is 96.0. The molecule has 0 saturated carbocycles. The zero-order chi connectivity index (χ0) is 13.5. The molecule has 7 heteroatoms. The molecule has 0 amide bonds. The third-order valence-electron chi connectivity index (χ3n) is 2.31. The molecule has 0 aromatic heterocycles. The van der Waals surface area contributed by atoms with Gasteiger partial charge >= 0.3 is 134 Å². The van der Waals surface area contributed by atoms with Crippen LogP contribution >= 0.6 is 56.0 Å². The summed E-state index contributed by atoms with van der Waals surface area (Å²) in [6.07, 6.45) is 1.44. The fraction of sp³-hybridized carbons (Fsp3) is 1.00. The van der Waals surface area contributed by atoms with Crippen molar-refractivity contribution >= 4 is 66.4 Å². The summed E-state index contributed by atoms with van der Waals surface area (Å²) in [4.78, 5) is 0.